The second kappa shape index (κ2) is 6.13. The van der Waals surface area contributed by atoms with Crippen molar-refractivity contribution in [3.8, 4) is 5.75 Å². The van der Waals surface area contributed by atoms with Crippen LogP contribution >= 0.6 is 0 Å². The number of halogens is 1. The number of carbonyl (C=O) groups excluding carboxylic acids is 1. The fraction of sp³-hybridized carbons (Fsp3) is 0.133. The highest BCUT2D eigenvalue weighted by Crippen LogP contribution is 2.22. The van der Waals surface area contributed by atoms with E-state index in [0.29, 0.717) is 11.3 Å². The van der Waals surface area contributed by atoms with Crippen LogP contribution in [0, 0.1) is 15.9 Å². The first-order chi connectivity index (χ1) is 9.97. The maximum absolute atomic E-state index is 13.2. The maximum atomic E-state index is 13.2. The van der Waals surface area contributed by atoms with Crippen LogP contribution in [-0.4, -0.2) is 10.7 Å². The Bertz CT molecular complexity index is 683. The number of nitro groups is 1. The summed E-state index contributed by atoms with van der Waals surface area (Å²) in [4.78, 5) is 21.4. The molecule has 5 nitrogen and oxygen atoms in total. The molecule has 108 valence electrons. The highest BCUT2D eigenvalue weighted by Gasteiger charge is 2.15. The smallest absolute Gasteiger partial charge is 0.276 e. The van der Waals surface area contributed by atoms with Gasteiger partial charge in [-0.05, 0) is 43.3 Å². The van der Waals surface area contributed by atoms with Crippen LogP contribution in [0.4, 0.5) is 10.1 Å². The molecule has 0 amide bonds. The summed E-state index contributed by atoms with van der Waals surface area (Å²) in [6.07, 6.45) is 0. The zero-order valence-corrected chi connectivity index (χ0v) is 11.2. The number of ketones is 1. The average Bonchev–Trinajstić information content (AvgIpc) is 2.45. The molecule has 2 rings (SSSR count). The van der Waals surface area contributed by atoms with E-state index in [1.807, 2.05) is 0 Å². The Morgan fingerprint density at radius 3 is 2.48 bits per heavy atom. The molecule has 0 atom stereocenters. The number of nitro benzene ring substituents is 1. The monoisotopic (exact) mass is 289 g/mol. The van der Waals surface area contributed by atoms with Crippen LogP contribution in [0.2, 0.25) is 0 Å². The summed E-state index contributed by atoms with van der Waals surface area (Å²) >= 11 is 0. The molecule has 0 fully saturated rings. The van der Waals surface area contributed by atoms with Gasteiger partial charge < -0.3 is 4.74 Å². The summed E-state index contributed by atoms with van der Waals surface area (Å²) in [5.74, 6) is -0.188. The SMILES string of the molecule is CC(=O)c1ccc(OCc2cc(F)ccc2[N+](=O)[O-])cc1. The number of carbonyl (C=O) groups is 1. The van der Waals surface area contributed by atoms with E-state index < -0.39 is 10.7 Å². The molecule has 0 spiro atoms. The molecule has 0 aromatic heterocycles. The van der Waals surface area contributed by atoms with Gasteiger partial charge in [0.1, 0.15) is 18.2 Å². The Balaban J connectivity index is 2.14. The molecule has 0 heterocycles. The third-order valence-corrected chi connectivity index (χ3v) is 2.89. The standard InChI is InChI=1S/C15H12FNO4/c1-10(18)11-2-5-14(6-3-11)21-9-12-8-13(16)4-7-15(12)17(19)20/h2-8H,9H2,1H3. The lowest BCUT2D eigenvalue weighted by atomic mass is 10.1. The number of ether oxygens (including phenoxy) is 1. The quantitative estimate of drug-likeness (QED) is 0.480. The molecule has 0 radical (unpaired) electrons. The molecular formula is C15H12FNO4. The number of Topliss-reactive ketones (excluding diaryl/α,β-unsaturated/α-hetero) is 1. The lowest BCUT2D eigenvalue weighted by Crippen LogP contribution is -2.01. The van der Waals surface area contributed by atoms with E-state index in [1.165, 1.54) is 6.92 Å². The average molecular weight is 289 g/mol. The number of hydrogen-bond donors (Lipinski definition) is 0. The Labute approximate surface area is 120 Å². The fourth-order valence-electron chi connectivity index (χ4n) is 1.79. The highest BCUT2D eigenvalue weighted by atomic mass is 19.1. The van der Waals surface area contributed by atoms with E-state index in [9.17, 15) is 19.3 Å². The van der Waals surface area contributed by atoms with Crippen molar-refractivity contribution >= 4 is 11.5 Å². The molecule has 0 aliphatic rings. The summed E-state index contributed by atoms with van der Waals surface area (Å²) in [6.45, 7) is 1.32. The first-order valence-electron chi connectivity index (χ1n) is 6.14. The third-order valence-electron chi connectivity index (χ3n) is 2.89. The van der Waals surface area contributed by atoms with Gasteiger partial charge in [0.25, 0.3) is 5.69 Å². The van der Waals surface area contributed by atoms with Crippen molar-refractivity contribution in [3.63, 3.8) is 0 Å². The normalized spacial score (nSPS) is 10.2. The lowest BCUT2D eigenvalue weighted by Gasteiger charge is -2.07. The predicted octanol–water partition coefficient (Wildman–Crippen LogP) is 3.52. The second-order valence-corrected chi connectivity index (χ2v) is 4.40. The summed E-state index contributed by atoms with van der Waals surface area (Å²) in [5.41, 5.74) is 0.492. The van der Waals surface area contributed by atoms with Gasteiger partial charge in [-0.15, -0.1) is 0 Å². The molecule has 0 aliphatic carbocycles. The van der Waals surface area contributed by atoms with Crippen LogP contribution in [-0.2, 0) is 6.61 Å². The number of rotatable bonds is 5. The van der Waals surface area contributed by atoms with Gasteiger partial charge in [-0.3, -0.25) is 14.9 Å². The van der Waals surface area contributed by atoms with Crippen molar-refractivity contribution in [2.75, 3.05) is 0 Å². The largest absolute Gasteiger partial charge is 0.489 e. The van der Waals surface area contributed by atoms with Crippen molar-refractivity contribution < 1.29 is 18.8 Å². The van der Waals surface area contributed by atoms with Crippen LogP contribution in [0.5, 0.6) is 5.75 Å². The highest BCUT2D eigenvalue weighted by molar-refractivity contribution is 5.94. The van der Waals surface area contributed by atoms with E-state index >= 15 is 0 Å². The first kappa shape index (κ1) is 14.6. The molecule has 2 aromatic rings. The summed E-state index contributed by atoms with van der Waals surface area (Å²) < 4.78 is 18.6. The van der Waals surface area contributed by atoms with Crippen LogP contribution < -0.4 is 4.74 Å². The fourth-order valence-corrected chi connectivity index (χ4v) is 1.79. The van der Waals surface area contributed by atoms with E-state index in [0.717, 1.165) is 18.2 Å². The van der Waals surface area contributed by atoms with Crippen LogP contribution in [0.1, 0.15) is 22.8 Å². The minimum atomic E-state index is -0.586. The van der Waals surface area contributed by atoms with E-state index in [-0.39, 0.29) is 23.6 Å². The van der Waals surface area contributed by atoms with Crippen molar-refractivity contribution in [2.45, 2.75) is 13.5 Å². The maximum Gasteiger partial charge on any atom is 0.276 e. The van der Waals surface area contributed by atoms with Gasteiger partial charge in [-0.2, -0.15) is 0 Å². The summed E-state index contributed by atoms with van der Waals surface area (Å²) in [7, 11) is 0. The molecule has 6 heteroatoms. The first-order valence-corrected chi connectivity index (χ1v) is 6.14. The van der Waals surface area contributed by atoms with Gasteiger partial charge >= 0.3 is 0 Å². The molecule has 0 saturated carbocycles. The predicted molar refractivity (Wildman–Crippen MR) is 73.8 cm³/mol. The molecular weight excluding hydrogens is 277 g/mol. The molecule has 2 aromatic carbocycles. The zero-order valence-electron chi connectivity index (χ0n) is 11.2. The van der Waals surface area contributed by atoms with E-state index in [4.69, 9.17) is 4.74 Å². The van der Waals surface area contributed by atoms with Crippen LogP contribution in [0.15, 0.2) is 42.5 Å². The molecule has 0 unspecified atom stereocenters. The zero-order chi connectivity index (χ0) is 15.4. The Morgan fingerprint density at radius 1 is 1.24 bits per heavy atom. The molecule has 0 bridgehead atoms. The van der Waals surface area contributed by atoms with E-state index in [2.05, 4.69) is 0 Å². The van der Waals surface area contributed by atoms with E-state index in [1.54, 1.807) is 24.3 Å². The molecule has 0 saturated heterocycles. The molecule has 21 heavy (non-hydrogen) atoms. The second-order valence-electron chi connectivity index (χ2n) is 4.40. The van der Waals surface area contributed by atoms with Crippen molar-refractivity contribution in [2.24, 2.45) is 0 Å². The number of hydrogen-bond acceptors (Lipinski definition) is 4. The minimum Gasteiger partial charge on any atom is -0.489 e. The van der Waals surface area contributed by atoms with Gasteiger partial charge in [0.05, 0.1) is 10.5 Å². The lowest BCUT2D eigenvalue weighted by molar-refractivity contribution is -0.385. The van der Waals surface area contributed by atoms with Gasteiger partial charge in [-0.1, -0.05) is 0 Å². The summed E-state index contributed by atoms with van der Waals surface area (Å²) in [6, 6.07) is 9.57. The molecule has 0 aliphatic heterocycles. The van der Waals surface area contributed by atoms with Crippen molar-refractivity contribution in [1.82, 2.24) is 0 Å². The van der Waals surface area contributed by atoms with Crippen LogP contribution in [0.3, 0.4) is 0 Å². The molecule has 0 N–H and O–H groups in total. The number of nitrogens with zero attached hydrogens (tertiary/aromatic N) is 1. The summed E-state index contributed by atoms with van der Waals surface area (Å²) in [5, 5.41) is 10.9. The van der Waals surface area contributed by atoms with Crippen molar-refractivity contribution in [1.29, 1.82) is 0 Å². The van der Waals surface area contributed by atoms with Gasteiger partial charge in [0, 0.05) is 11.6 Å². The third kappa shape index (κ3) is 3.62. The van der Waals surface area contributed by atoms with Gasteiger partial charge in [-0.25, -0.2) is 4.39 Å². The van der Waals surface area contributed by atoms with Crippen molar-refractivity contribution in [3.05, 3.63) is 69.5 Å². The Morgan fingerprint density at radius 2 is 1.90 bits per heavy atom. The Kier molecular flexibility index (Phi) is 4.27. The van der Waals surface area contributed by atoms with Crippen LogP contribution in [0.25, 0.3) is 0 Å². The van der Waals surface area contributed by atoms with Gasteiger partial charge in [0.2, 0.25) is 0 Å². The van der Waals surface area contributed by atoms with Gasteiger partial charge in [0.15, 0.2) is 5.78 Å². The minimum absolute atomic E-state index is 0.0673. The Hall–Kier alpha value is -2.76. The number of benzene rings is 2. The topological polar surface area (TPSA) is 69.4 Å².